The second-order valence-corrected chi connectivity index (χ2v) is 6.21. The SMILES string of the molecule is CCOc1cc2c(cc1CNc1ncnc3c1cnn3C)OC(C)C2. The lowest BCUT2D eigenvalue weighted by atomic mass is 10.1. The van der Waals surface area contributed by atoms with Gasteiger partial charge in [0, 0.05) is 31.1 Å². The molecule has 0 saturated carbocycles. The molecule has 1 N–H and O–H groups in total. The first-order valence-electron chi connectivity index (χ1n) is 8.47. The van der Waals surface area contributed by atoms with E-state index in [2.05, 4.69) is 39.4 Å². The molecule has 1 aromatic carbocycles. The highest BCUT2D eigenvalue weighted by molar-refractivity contribution is 5.85. The van der Waals surface area contributed by atoms with Gasteiger partial charge in [0.25, 0.3) is 0 Å². The van der Waals surface area contributed by atoms with E-state index in [9.17, 15) is 0 Å². The molecule has 7 heteroatoms. The molecular weight excluding hydrogens is 318 g/mol. The van der Waals surface area contributed by atoms with Crippen molar-refractivity contribution in [2.75, 3.05) is 11.9 Å². The summed E-state index contributed by atoms with van der Waals surface area (Å²) in [6.45, 7) is 5.29. The summed E-state index contributed by atoms with van der Waals surface area (Å²) in [6.07, 6.45) is 4.45. The molecule has 1 atom stereocenters. The Bertz CT molecular complexity index is 921. The molecule has 0 bridgehead atoms. The summed E-state index contributed by atoms with van der Waals surface area (Å²) < 4.78 is 13.5. The third-order valence-electron chi connectivity index (χ3n) is 4.35. The molecule has 2 aromatic heterocycles. The third kappa shape index (κ3) is 2.86. The number of nitrogens with one attached hydrogen (secondary N) is 1. The maximum absolute atomic E-state index is 5.88. The Morgan fingerprint density at radius 3 is 3.08 bits per heavy atom. The van der Waals surface area contributed by atoms with E-state index in [0.717, 1.165) is 40.3 Å². The minimum atomic E-state index is 0.213. The van der Waals surface area contributed by atoms with Crippen molar-refractivity contribution >= 4 is 16.9 Å². The average Bonchev–Trinajstić information content (AvgIpc) is 3.15. The number of aromatic nitrogens is 4. The molecular formula is C18H21N5O2. The number of anilines is 1. The van der Waals surface area contributed by atoms with Crippen molar-refractivity contribution in [1.29, 1.82) is 0 Å². The second-order valence-electron chi connectivity index (χ2n) is 6.21. The van der Waals surface area contributed by atoms with Crippen LogP contribution in [0.5, 0.6) is 11.5 Å². The van der Waals surface area contributed by atoms with E-state index in [1.165, 1.54) is 5.56 Å². The largest absolute Gasteiger partial charge is 0.494 e. The van der Waals surface area contributed by atoms with E-state index in [4.69, 9.17) is 9.47 Å². The predicted octanol–water partition coefficient (Wildman–Crippen LogP) is 2.70. The van der Waals surface area contributed by atoms with Gasteiger partial charge in [-0.25, -0.2) is 9.97 Å². The van der Waals surface area contributed by atoms with Gasteiger partial charge in [0.2, 0.25) is 0 Å². The first-order valence-corrected chi connectivity index (χ1v) is 8.47. The van der Waals surface area contributed by atoms with Crippen LogP contribution in [0.25, 0.3) is 11.0 Å². The van der Waals surface area contributed by atoms with E-state index in [-0.39, 0.29) is 6.10 Å². The summed E-state index contributed by atoms with van der Waals surface area (Å²) in [4.78, 5) is 8.61. The Labute approximate surface area is 146 Å². The van der Waals surface area contributed by atoms with Crippen molar-refractivity contribution in [3.8, 4) is 11.5 Å². The van der Waals surface area contributed by atoms with Gasteiger partial charge >= 0.3 is 0 Å². The molecule has 1 unspecified atom stereocenters. The fourth-order valence-electron chi connectivity index (χ4n) is 3.19. The Balaban J connectivity index is 1.63. The van der Waals surface area contributed by atoms with Gasteiger partial charge in [-0.05, 0) is 26.0 Å². The maximum atomic E-state index is 5.88. The molecule has 7 nitrogen and oxygen atoms in total. The van der Waals surface area contributed by atoms with Gasteiger partial charge in [-0.1, -0.05) is 0 Å². The zero-order valence-electron chi connectivity index (χ0n) is 14.6. The number of rotatable bonds is 5. The average molecular weight is 339 g/mol. The molecule has 3 aromatic rings. The number of nitrogens with zero attached hydrogens (tertiary/aromatic N) is 4. The lowest BCUT2D eigenvalue weighted by molar-refractivity contribution is 0.254. The van der Waals surface area contributed by atoms with Crippen LogP contribution in [0.1, 0.15) is 25.0 Å². The highest BCUT2D eigenvalue weighted by Crippen LogP contribution is 2.35. The van der Waals surface area contributed by atoms with E-state index in [0.29, 0.717) is 13.2 Å². The molecule has 0 amide bonds. The molecule has 0 radical (unpaired) electrons. The zero-order valence-corrected chi connectivity index (χ0v) is 14.6. The van der Waals surface area contributed by atoms with Gasteiger partial charge in [0.05, 0.1) is 18.2 Å². The van der Waals surface area contributed by atoms with Crippen molar-refractivity contribution < 1.29 is 9.47 Å². The van der Waals surface area contributed by atoms with Crippen LogP contribution < -0.4 is 14.8 Å². The van der Waals surface area contributed by atoms with E-state index in [1.807, 2.05) is 14.0 Å². The molecule has 3 heterocycles. The number of aryl methyl sites for hydroxylation is 1. The standard InChI is InChI=1S/C18H21N5O2/c1-4-24-15-6-12-5-11(2)25-16(12)7-13(15)8-19-17-14-9-22-23(3)18(14)21-10-20-17/h6-7,9-11H,4-5,8H2,1-3H3,(H,19,20,21). The number of ether oxygens (including phenoxy) is 2. The van der Waals surface area contributed by atoms with Crippen LogP contribution in [-0.2, 0) is 20.0 Å². The summed E-state index contributed by atoms with van der Waals surface area (Å²) in [5.74, 6) is 2.60. The lowest BCUT2D eigenvalue weighted by Gasteiger charge is -2.14. The van der Waals surface area contributed by atoms with Gasteiger partial charge < -0.3 is 14.8 Å². The monoisotopic (exact) mass is 339 g/mol. The summed E-state index contributed by atoms with van der Waals surface area (Å²) in [6, 6.07) is 4.16. The molecule has 4 rings (SSSR count). The van der Waals surface area contributed by atoms with E-state index < -0.39 is 0 Å². The van der Waals surface area contributed by atoms with Crippen LogP contribution in [0, 0.1) is 0 Å². The third-order valence-corrected chi connectivity index (χ3v) is 4.35. The highest BCUT2D eigenvalue weighted by Gasteiger charge is 2.22. The minimum Gasteiger partial charge on any atom is -0.494 e. The fourth-order valence-corrected chi connectivity index (χ4v) is 3.19. The zero-order chi connectivity index (χ0) is 17.4. The van der Waals surface area contributed by atoms with Crippen LogP contribution >= 0.6 is 0 Å². The second kappa shape index (κ2) is 6.23. The number of benzene rings is 1. The first-order chi connectivity index (χ1) is 12.2. The van der Waals surface area contributed by atoms with Gasteiger partial charge in [0.15, 0.2) is 5.65 Å². The smallest absolute Gasteiger partial charge is 0.163 e. The van der Waals surface area contributed by atoms with Crippen LogP contribution in [0.15, 0.2) is 24.7 Å². The van der Waals surface area contributed by atoms with Crippen LogP contribution in [-0.4, -0.2) is 32.5 Å². The Kier molecular flexibility index (Phi) is 3.91. The Morgan fingerprint density at radius 2 is 2.24 bits per heavy atom. The first kappa shape index (κ1) is 15.7. The molecule has 1 aliphatic rings. The molecule has 0 aliphatic carbocycles. The number of hydrogen-bond acceptors (Lipinski definition) is 6. The molecule has 0 spiro atoms. The van der Waals surface area contributed by atoms with E-state index in [1.54, 1.807) is 17.2 Å². The summed E-state index contributed by atoms with van der Waals surface area (Å²) in [7, 11) is 1.87. The Hall–Kier alpha value is -2.83. The normalized spacial score (nSPS) is 15.9. The molecule has 130 valence electrons. The van der Waals surface area contributed by atoms with Crippen LogP contribution in [0.2, 0.25) is 0 Å². The summed E-state index contributed by atoms with van der Waals surface area (Å²) >= 11 is 0. The highest BCUT2D eigenvalue weighted by atomic mass is 16.5. The maximum Gasteiger partial charge on any atom is 0.163 e. The van der Waals surface area contributed by atoms with Crippen LogP contribution in [0.3, 0.4) is 0 Å². The van der Waals surface area contributed by atoms with Gasteiger partial charge in [-0.15, -0.1) is 0 Å². The molecule has 0 saturated heterocycles. The van der Waals surface area contributed by atoms with Gasteiger partial charge in [-0.3, -0.25) is 4.68 Å². The topological polar surface area (TPSA) is 74.1 Å². The molecule has 0 fully saturated rings. The van der Waals surface area contributed by atoms with Gasteiger partial charge in [-0.2, -0.15) is 5.10 Å². The predicted molar refractivity (Wildman–Crippen MR) is 95.0 cm³/mol. The quantitative estimate of drug-likeness (QED) is 0.770. The molecule has 25 heavy (non-hydrogen) atoms. The van der Waals surface area contributed by atoms with Crippen molar-refractivity contribution in [3.63, 3.8) is 0 Å². The fraction of sp³-hybridized carbons (Fsp3) is 0.389. The Morgan fingerprint density at radius 1 is 1.36 bits per heavy atom. The van der Waals surface area contributed by atoms with Crippen molar-refractivity contribution in [2.24, 2.45) is 7.05 Å². The molecule has 1 aliphatic heterocycles. The van der Waals surface area contributed by atoms with Crippen molar-refractivity contribution in [3.05, 3.63) is 35.8 Å². The number of hydrogen-bond donors (Lipinski definition) is 1. The minimum absolute atomic E-state index is 0.213. The lowest BCUT2D eigenvalue weighted by Crippen LogP contribution is -2.06. The summed E-state index contributed by atoms with van der Waals surface area (Å²) in [5, 5.41) is 8.52. The van der Waals surface area contributed by atoms with Crippen molar-refractivity contribution in [1.82, 2.24) is 19.7 Å². The van der Waals surface area contributed by atoms with E-state index >= 15 is 0 Å². The van der Waals surface area contributed by atoms with Crippen LogP contribution in [0.4, 0.5) is 5.82 Å². The van der Waals surface area contributed by atoms with Crippen molar-refractivity contribution in [2.45, 2.75) is 32.9 Å². The van der Waals surface area contributed by atoms with Gasteiger partial charge in [0.1, 0.15) is 29.7 Å². The number of fused-ring (bicyclic) bond motifs is 2. The summed E-state index contributed by atoms with van der Waals surface area (Å²) in [5.41, 5.74) is 3.05.